The molecule has 5 nitrogen and oxygen atoms in total. The molecule has 0 fully saturated rings. The molecule has 0 rings (SSSR count). The fourth-order valence-corrected chi connectivity index (χ4v) is 1.64. The first-order chi connectivity index (χ1) is 7.36. The molecular formula is C10H19NO4S. The van der Waals surface area contributed by atoms with Crippen LogP contribution >= 0.6 is 0 Å². The summed E-state index contributed by atoms with van der Waals surface area (Å²) in [6.07, 6.45) is 2.25. The van der Waals surface area contributed by atoms with Gasteiger partial charge in [0.1, 0.15) is 0 Å². The molecule has 0 radical (unpaired) electrons. The average molecular weight is 249 g/mol. The zero-order valence-electron chi connectivity index (χ0n) is 9.86. The van der Waals surface area contributed by atoms with Gasteiger partial charge >= 0.3 is 5.97 Å². The van der Waals surface area contributed by atoms with E-state index >= 15 is 0 Å². The van der Waals surface area contributed by atoms with Crippen LogP contribution in [0.4, 0.5) is 0 Å². The maximum absolute atomic E-state index is 11.5. The number of nitrogens with one attached hydrogen (secondary N) is 1. The van der Waals surface area contributed by atoms with E-state index in [4.69, 9.17) is 5.11 Å². The first-order valence-corrected chi connectivity index (χ1v) is 6.89. The quantitative estimate of drug-likeness (QED) is 0.633. The van der Waals surface area contributed by atoms with Crippen molar-refractivity contribution in [1.82, 2.24) is 5.32 Å². The molecule has 0 aromatic carbocycles. The molecule has 0 aliphatic heterocycles. The summed E-state index contributed by atoms with van der Waals surface area (Å²) in [6, 6.07) is 0. The standard InChI is InChI=1S/C10H19NO4S/c1-7(8(2)10(13)14)9(12)11-5-4-6-16(3)15/h7-8H,4-6H2,1-3H3,(H,11,12)(H,13,14). The third kappa shape index (κ3) is 5.85. The summed E-state index contributed by atoms with van der Waals surface area (Å²) in [5.74, 6) is -1.94. The summed E-state index contributed by atoms with van der Waals surface area (Å²) in [4.78, 5) is 22.1. The molecule has 0 aromatic rings. The molecule has 0 spiro atoms. The van der Waals surface area contributed by atoms with Crippen LogP contribution in [0.3, 0.4) is 0 Å². The minimum Gasteiger partial charge on any atom is -0.481 e. The van der Waals surface area contributed by atoms with Crippen molar-refractivity contribution in [3.05, 3.63) is 0 Å². The third-order valence-electron chi connectivity index (χ3n) is 2.46. The van der Waals surface area contributed by atoms with Crippen molar-refractivity contribution in [2.45, 2.75) is 20.3 Å². The Labute approximate surface area is 98.1 Å². The SMILES string of the molecule is CC(C(=O)O)C(C)C(=O)NCCCS(C)=O. The molecule has 0 aliphatic rings. The van der Waals surface area contributed by atoms with E-state index in [1.54, 1.807) is 13.2 Å². The minimum atomic E-state index is -0.975. The molecule has 94 valence electrons. The van der Waals surface area contributed by atoms with Crippen LogP contribution in [-0.4, -0.2) is 39.7 Å². The Kier molecular flexibility index (Phi) is 6.96. The minimum absolute atomic E-state index is 0.267. The van der Waals surface area contributed by atoms with Gasteiger partial charge in [0, 0.05) is 35.3 Å². The number of aliphatic carboxylic acids is 1. The second-order valence-electron chi connectivity index (χ2n) is 3.84. The third-order valence-corrected chi connectivity index (χ3v) is 3.32. The van der Waals surface area contributed by atoms with E-state index in [2.05, 4.69) is 5.32 Å². The largest absolute Gasteiger partial charge is 0.481 e. The van der Waals surface area contributed by atoms with E-state index in [1.807, 2.05) is 0 Å². The summed E-state index contributed by atoms with van der Waals surface area (Å²) in [6.45, 7) is 3.54. The highest BCUT2D eigenvalue weighted by atomic mass is 32.2. The van der Waals surface area contributed by atoms with Gasteiger partial charge in [-0.3, -0.25) is 13.8 Å². The summed E-state index contributed by atoms with van der Waals surface area (Å²) >= 11 is 0. The number of rotatable bonds is 7. The summed E-state index contributed by atoms with van der Waals surface area (Å²) < 4.78 is 10.7. The van der Waals surface area contributed by atoms with Gasteiger partial charge in [-0.1, -0.05) is 13.8 Å². The highest BCUT2D eigenvalue weighted by Gasteiger charge is 2.25. The van der Waals surface area contributed by atoms with Gasteiger partial charge in [0.2, 0.25) is 5.91 Å². The van der Waals surface area contributed by atoms with Crippen LogP contribution in [-0.2, 0) is 20.4 Å². The highest BCUT2D eigenvalue weighted by Crippen LogP contribution is 2.10. The van der Waals surface area contributed by atoms with Crippen LogP contribution in [0.1, 0.15) is 20.3 Å². The number of hydrogen-bond donors (Lipinski definition) is 2. The zero-order chi connectivity index (χ0) is 12.7. The summed E-state index contributed by atoms with van der Waals surface area (Å²) in [5, 5.41) is 11.4. The number of carboxylic acid groups (broad SMARTS) is 1. The maximum Gasteiger partial charge on any atom is 0.307 e. The Morgan fingerprint density at radius 3 is 2.31 bits per heavy atom. The highest BCUT2D eigenvalue weighted by molar-refractivity contribution is 7.84. The van der Waals surface area contributed by atoms with Crippen LogP contribution in [0.2, 0.25) is 0 Å². The monoisotopic (exact) mass is 249 g/mol. The lowest BCUT2D eigenvalue weighted by atomic mass is 9.95. The van der Waals surface area contributed by atoms with E-state index < -0.39 is 28.6 Å². The molecule has 0 aliphatic carbocycles. The van der Waals surface area contributed by atoms with Crippen LogP contribution < -0.4 is 5.32 Å². The molecule has 0 bridgehead atoms. The number of carbonyl (C=O) groups excluding carboxylic acids is 1. The average Bonchev–Trinajstić information content (AvgIpc) is 2.21. The lowest BCUT2D eigenvalue weighted by Crippen LogP contribution is -2.36. The molecule has 2 N–H and O–H groups in total. The van der Waals surface area contributed by atoms with Crippen LogP contribution in [0, 0.1) is 11.8 Å². The Morgan fingerprint density at radius 2 is 1.88 bits per heavy atom. The summed E-state index contributed by atoms with van der Waals surface area (Å²) in [7, 11) is -0.853. The molecule has 3 atom stereocenters. The van der Waals surface area contributed by atoms with Gasteiger partial charge in [0.25, 0.3) is 0 Å². The van der Waals surface area contributed by atoms with Gasteiger partial charge in [-0.25, -0.2) is 0 Å². The smallest absolute Gasteiger partial charge is 0.307 e. The second-order valence-corrected chi connectivity index (χ2v) is 5.39. The number of hydrogen-bond acceptors (Lipinski definition) is 3. The maximum atomic E-state index is 11.5. The predicted molar refractivity (Wildman–Crippen MR) is 62.5 cm³/mol. The lowest BCUT2D eigenvalue weighted by molar-refractivity contribution is -0.146. The molecule has 0 saturated carbocycles. The van der Waals surface area contributed by atoms with Gasteiger partial charge in [-0.15, -0.1) is 0 Å². The zero-order valence-corrected chi connectivity index (χ0v) is 10.7. The van der Waals surface area contributed by atoms with Crippen molar-refractivity contribution in [2.24, 2.45) is 11.8 Å². The van der Waals surface area contributed by atoms with Gasteiger partial charge in [-0.05, 0) is 6.42 Å². The summed E-state index contributed by atoms with van der Waals surface area (Å²) in [5.41, 5.74) is 0. The van der Waals surface area contributed by atoms with Crippen molar-refractivity contribution < 1.29 is 18.9 Å². The Bertz CT molecular complexity index is 280. The number of carbonyl (C=O) groups is 2. The van der Waals surface area contributed by atoms with E-state index in [1.165, 1.54) is 6.92 Å². The van der Waals surface area contributed by atoms with Crippen molar-refractivity contribution in [2.75, 3.05) is 18.6 Å². The Balaban J connectivity index is 3.88. The van der Waals surface area contributed by atoms with Crippen LogP contribution in [0.15, 0.2) is 0 Å². The topological polar surface area (TPSA) is 83.5 Å². The molecule has 0 heterocycles. The van der Waals surface area contributed by atoms with E-state index in [-0.39, 0.29) is 5.91 Å². The molecule has 16 heavy (non-hydrogen) atoms. The normalized spacial score (nSPS) is 16.2. The molecular weight excluding hydrogens is 230 g/mol. The Morgan fingerprint density at radius 1 is 1.31 bits per heavy atom. The van der Waals surface area contributed by atoms with Gasteiger partial charge in [-0.2, -0.15) is 0 Å². The molecule has 6 heteroatoms. The first kappa shape index (κ1) is 15.1. The number of amides is 1. The molecule has 1 amide bonds. The van der Waals surface area contributed by atoms with Gasteiger partial charge in [0.15, 0.2) is 0 Å². The van der Waals surface area contributed by atoms with Gasteiger partial charge < -0.3 is 10.4 Å². The van der Waals surface area contributed by atoms with Gasteiger partial charge in [0.05, 0.1) is 5.92 Å². The molecule has 3 unspecified atom stereocenters. The number of carboxylic acids is 1. The molecule has 0 aromatic heterocycles. The molecule has 0 saturated heterocycles. The van der Waals surface area contributed by atoms with E-state index in [9.17, 15) is 13.8 Å². The van der Waals surface area contributed by atoms with E-state index in [0.717, 1.165) is 0 Å². The fraction of sp³-hybridized carbons (Fsp3) is 0.800. The lowest BCUT2D eigenvalue weighted by Gasteiger charge is -2.15. The van der Waals surface area contributed by atoms with Crippen molar-refractivity contribution >= 4 is 22.7 Å². The van der Waals surface area contributed by atoms with Crippen LogP contribution in [0.5, 0.6) is 0 Å². The second kappa shape index (κ2) is 7.38. The van der Waals surface area contributed by atoms with Crippen molar-refractivity contribution in [3.63, 3.8) is 0 Å². The van der Waals surface area contributed by atoms with Crippen LogP contribution in [0.25, 0.3) is 0 Å². The fourth-order valence-electron chi connectivity index (χ4n) is 1.09. The Hall–Kier alpha value is -0.910. The van der Waals surface area contributed by atoms with Crippen molar-refractivity contribution in [3.8, 4) is 0 Å². The predicted octanol–water partition coefficient (Wildman–Crippen LogP) is 0.228. The first-order valence-electron chi connectivity index (χ1n) is 5.16. The van der Waals surface area contributed by atoms with E-state index in [0.29, 0.717) is 18.7 Å². The van der Waals surface area contributed by atoms with Crippen molar-refractivity contribution in [1.29, 1.82) is 0 Å².